The zero-order chi connectivity index (χ0) is 16.2. The fourth-order valence-electron chi connectivity index (χ4n) is 2.93. The molecule has 1 aliphatic heterocycles. The second-order valence-electron chi connectivity index (χ2n) is 5.92. The summed E-state index contributed by atoms with van der Waals surface area (Å²) in [5.74, 6) is -0.523. The predicted octanol–water partition coefficient (Wildman–Crippen LogP) is 4.09. The molecule has 0 aliphatic carbocycles. The number of piperidine rings is 1. The quantitative estimate of drug-likeness (QED) is 0.801. The minimum atomic E-state index is -4.64. The monoisotopic (exact) mass is 354 g/mol. The summed E-state index contributed by atoms with van der Waals surface area (Å²) in [4.78, 5) is 2.14. The highest BCUT2D eigenvalue weighted by Gasteiger charge is 2.34. The number of hydrogen-bond donors (Lipinski definition) is 1. The number of hydrogen-bond acceptors (Lipinski definition) is 2. The van der Waals surface area contributed by atoms with Crippen molar-refractivity contribution in [3.8, 4) is 0 Å². The summed E-state index contributed by atoms with van der Waals surface area (Å²) in [6, 6.07) is 3.29. The fourth-order valence-corrected chi connectivity index (χ4v) is 2.93. The fraction of sp³-hybridized carbons (Fsp3) is 0.625. The Morgan fingerprint density at radius 2 is 1.87 bits per heavy atom. The Bertz CT molecular complexity index is 485. The second kappa shape index (κ2) is 8.85. The maximum Gasteiger partial charge on any atom is 0.419 e. The number of nitrogens with one attached hydrogen (secondary N) is 1. The first kappa shape index (κ1) is 20.2. The number of benzene rings is 1. The molecule has 7 heteroatoms. The van der Waals surface area contributed by atoms with E-state index in [1.165, 1.54) is 6.07 Å². The molecular weight excluding hydrogens is 332 g/mol. The van der Waals surface area contributed by atoms with Crippen LogP contribution >= 0.6 is 12.4 Å². The molecule has 1 N–H and O–H groups in total. The lowest BCUT2D eigenvalue weighted by atomic mass is 9.93. The van der Waals surface area contributed by atoms with Gasteiger partial charge in [0.05, 0.1) is 5.56 Å². The van der Waals surface area contributed by atoms with Gasteiger partial charge in [-0.3, -0.25) is 4.90 Å². The SMILES string of the molecule is CNCCC1CCN(Cc2ccc(F)c(C(F)(F)F)c2)CC1.Cl. The van der Waals surface area contributed by atoms with E-state index in [0.717, 1.165) is 51.0 Å². The van der Waals surface area contributed by atoms with Crippen LogP contribution in [0.25, 0.3) is 0 Å². The Labute approximate surface area is 140 Å². The highest BCUT2D eigenvalue weighted by Crippen LogP contribution is 2.32. The lowest BCUT2D eigenvalue weighted by Gasteiger charge is -2.32. The molecule has 2 rings (SSSR count). The number of nitrogens with zero attached hydrogens (tertiary/aromatic N) is 1. The van der Waals surface area contributed by atoms with Gasteiger partial charge in [-0.2, -0.15) is 13.2 Å². The van der Waals surface area contributed by atoms with Crippen LogP contribution in [0.1, 0.15) is 30.4 Å². The molecule has 0 radical (unpaired) electrons. The Balaban J connectivity index is 0.00000264. The van der Waals surface area contributed by atoms with E-state index in [0.29, 0.717) is 18.0 Å². The van der Waals surface area contributed by atoms with Crippen LogP contribution in [-0.2, 0) is 12.7 Å². The van der Waals surface area contributed by atoms with Crippen LogP contribution < -0.4 is 5.32 Å². The van der Waals surface area contributed by atoms with E-state index >= 15 is 0 Å². The van der Waals surface area contributed by atoms with Crippen LogP contribution in [0.2, 0.25) is 0 Å². The van der Waals surface area contributed by atoms with Gasteiger partial charge in [0.2, 0.25) is 0 Å². The van der Waals surface area contributed by atoms with Crippen LogP contribution in [0.4, 0.5) is 17.6 Å². The van der Waals surface area contributed by atoms with E-state index in [1.807, 2.05) is 7.05 Å². The van der Waals surface area contributed by atoms with Crippen molar-refractivity contribution in [2.45, 2.75) is 32.0 Å². The van der Waals surface area contributed by atoms with Gasteiger partial charge in [-0.1, -0.05) is 6.07 Å². The van der Waals surface area contributed by atoms with Crippen molar-refractivity contribution >= 4 is 12.4 Å². The third-order valence-corrected chi connectivity index (χ3v) is 4.25. The van der Waals surface area contributed by atoms with E-state index in [-0.39, 0.29) is 12.4 Å². The van der Waals surface area contributed by atoms with Crippen LogP contribution in [0.3, 0.4) is 0 Å². The second-order valence-corrected chi connectivity index (χ2v) is 5.92. The first-order valence-electron chi connectivity index (χ1n) is 7.62. The zero-order valence-corrected chi connectivity index (χ0v) is 13.9. The number of likely N-dealkylation sites (tertiary alicyclic amines) is 1. The molecule has 1 aromatic carbocycles. The van der Waals surface area contributed by atoms with Crippen molar-refractivity contribution in [3.63, 3.8) is 0 Å². The largest absolute Gasteiger partial charge is 0.419 e. The minimum Gasteiger partial charge on any atom is -0.320 e. The third-order valence-electron chi connectivity index (χ3n) is 4.25. The van der Waals surface area contributed by atoms with E-state index in [9.17, 15) is 17.6 Å². The molecule has 1 heterocycles. The van der Waals surface area contributed by atoms with Gasteiger partial charge >= 0.3 is 6.18 Å². The topological polar surface area (TPSA) is 15.3 Å². The van der Waals surface area contributed by atoms with Crippen molar-refractivity contribution < 1.29 is 17.6 Å². The zero-order valence-electron chi connectivity index (χ0n) is 13.1. The van der Waals surface area contributed by atoms with Crippen LogP contribution in [0, 0.1) is 11.7 Å². The summed E-state index contributed by atoms with van der Waals surface area (Å²) in [6.07, 6.45) is -1.37. The highest BCUT2D eigenvalue weighted by molar-refractivity contribution is 5.85. The predicted molar refractivity (Wildman–Crippen MR) is 85.2 cm³/mol. The summed E-state index contributed by atoms with van der Waals surface area (Å²) in [5.41, 5.74) is -0.656. The van der Waals surface area contributed by atoms with Crippen LogP contribution in [0.15, 0.2) is 18.2 Å². The lowest BCUT2D eigenvalue weighted by Crippen LogP contribution is -2.34. The molecule has 0 atom stereocenters. The van der Waals surface area contributed by atoms with Crippen molar-refractivity contribution in [1.29, 1.82) is 0 Å². The molecule has 0 bridgehead atoms. The molecule has 1 fully saturated rings. The van der Waals surface area contributed by atoms with E-state index in [2.05, 4.69) is 10.2 Å². The normalized spacial score (nSPS) is 17.1. The Morgan fingerprint density at radius 1 is 1.22 bits per heavy atom. The summed E-state index contributed by atoms with van der Waals surface area (Å²) in [5, 5.41) is 3.14. The lowest BCUT2D eigenvalue weighted by molar-refractivity contribution is -0.140. The summed E-state index contributed by atoms with van der Waals surface area (Å²) >= 11 is 0. The van der Waals surface area contributed by atoms with Gasteiger partial charge in [-0.25, -0.2) is 4.39 Å². The maximum absolute atomic E-state index is 13.3. The summed E-state index contributed by atoms with van der Waals surface area (Å²) in [6.45, 7) is 3.21. The summed E-state index contributed by atoms with van der Waals surface area (Å²) < 4.78 is 51.4. The molecule has 0 spiro atoms. The molecular formula is C16H23ClF4N2. The van der Waals surface area contributed by atoms with Gasteiger partial charge in [-0.05, 0) is 69.6 Å². The Kier molecular flexibility index (Phi) is 7.77. The van der Waals surface area contributed by atoms with Gasteiger partial charge in [0.25, 0.3) is 0 Å². The van der Waals surface area contributed by atoms with Crippen LogP contribution in [-0.4, -0.2) is 31.6 Å². The van der Waals surface area contributed by atoms with E-state index < -0.39 is 17.6 Å². The molecule has 0 aromatic heterocycles. The first-order chi connectivity index (χ1) is 10.4. The average molecular weight is 355 g/mol. The maximum atomic E-state index is 13.3. The third kappa shape index (κ3) is 5.94. The summed E-state index contributed by atoms with van der Waals surface area (Å²) in [7, 11) is 1.93. The number of halogens is 5. The van der Waals surface area contributed by atoms with Gasteiger partial charge in [0, 0.05) is 6.54 Å². The molecule has 0 saturated carbocycles. The molecule has 2 nitrogen and oxygen atoms in total. The molecule has 0 unspecified atom stereocenters. The molecule has 0 amide bonds. The van der Waals surface area contributed by atoms with E-state index in [4.69, 9.17) is 0 Å². The smallest absolute Gasteiger partial charge is 0.320 e. The number of alkyl halides is 3. The van der Waals surface area contributed by atoms with Gasteiger partial charge < -0.3 is 5.32 Å². The van der Waals surface area contributed by atoms with Gasteiger partial charge in [-0.15, -0.1) is 12.4 Å². The standard InChI is InChI=1S/C16H22F4N2.ClH/c1-21-7-4-12-5-8-22(9-6-12)11-13-2-3-15(17)14(10-13)16(18,19)20;/h2-3,10,12,21H,4-9,11H2,1H3;1H. The highest BCUT2D eigenvalue weighted by atomic mass is 35.5. The van der Waals surface area contributed by atoms with Gasteiger partial charge in [0.15, 0.2) is 0 Å². The Morgan fingerprint density at radius 3 is 2.43 bits per heavy atom. The van der Waals surface area contributed by atoms with Crippen molar-refractivity contribution in [1.82, 2.24) is 10.2 Å². The number of rotatable bonds is 5. The molecule has 1 saturated heterocycles. The molecule has 132 valence electrons. The van der Waals surface area contributed by atoms with E-state index in [1.54, 1.807) is 0 Å². The molecule has 23 heavy (non-hydrogen) atoms. The molecule has 1 aromatic rings. The molecule has 1 aliphatic rings. The van der Waals surface area contributed by atoms with Crippen LogP contribution in [0.5, 0.6) is 0 Å². The Hall–Kier alpha value is -0.850. The minimum absolute atomic E-state index is 0. The van der Waals surface area contributed by atoms with Crippen molar-refractivity contribution in [2.75, 3.05) is 26.7 Å². The first-order valence-corrected chi connectivity index (χ1v) is 7.62. The van der Waals surface area contributed by atoms with Gasteiger partial charge in [0.1, 0.15) is 5.82 Å². The van der Waals surface area contributed by atoms with Crippen molar-refractivity contribution in [2.24, 2.45) is 5.92 Å². The average Bonchev–Trinajstić information content (AvgIpc) is 2.47. The van der Waals surface area contributed by atoms with Crippen molar-refractivity contribution in [3.05, 3.63) is 35.1 Å².